The summed E-state index contributed by atoms with van der Waals surface area (Å²) in [5, 5.41) is 3.67. The van der Waals surface area contributed by atoms with Crippen molar-refractivity contribution < 1.29 is 4.74 Å². The average molecular weight is 226 g/mol. The second-order valence-electron chi connectivity index (χ2n) is 5.52. The summed E-state index contributed by atoms with van der Waals surface area (Å²) < 4.78 is 5.40. The van der Waals surface area contributed by atoms with Crippen LogP contribution in [0.2, 0.25) is 0 Å². The second-order valence-corrected chi connectivity index (χ2v) is 5.52. The molecule has 2 unspecified atom stereocenters. The maximum atomic E-state index is 5.40. The fraction of sp³-hybridized carbons (Fsp3) is 1.00. The molecule has 0 aliphatic carbocycles. The Bertz CT molecular complexity index is 196. The van der Waals surface area contributed by atoms with E-state index in [2.05, 4.69) is 24.1 Å². The molecular weight excluding hydrogens is 200 g/mol. The van der Waals surface area contributed by atoms with Crippen molar-refractivity contribution in [3.05, 3.63) is 0 Å². The van der Waals surface area contributed by atoms with Crippen molar-refractivity contribution in [3.63, 3.8) is 0 Å². The van der Waals surface area contributed by atoms with Gasteiger partial charge in [0.25, 0.3) is 0 Å². The van der Waals surface area contributed by atoms with Crippen molar-refractivity contribution in [1.29, 1.82) is 0 Å². The largest absolute Gasteiger partial charge is 0.380 e. The van der Waals surface area contributed by atoms with E-state index >= 15 is 0 Å². The molecule has 3 nitrogen and oxygen atoms in total. The molecule has 94 valence electrons. The molecule has 1 N–H and O–H groups in total. The first-order valence-corrected chi connectivity index (χ1v) is 6.82. The maximum absolute atomic E-state index is 5.40. The smallest absolute Gasteiger partial charge is 0.0620 e. The van der Waals surface area contributed by atoms with Crippen molar-refractivity contribution in [1.82, 2.24) is 10.2 Å². The van der Waals surface area contributed by atoms with Crippen LogP contribution in [0.1, 0.15) is 33.1 Å². The Kier molecular flexibility index (Phi) is 4.62. The SMILES string of the molecule is CC(C)C(CNC1CCOC1)N1CCCC1. The molecule has 2 aliphatic rings. The fourth-order valence-corrected chi connectivity index (χ4v) is 2.84. The fourth-order valence-electron chi connectivity index (χ4n) is 2.84. The standard InChI is InChI=1S/C13H26N2O/c1-11(2)13(15-6-3-4-7-15)9-14-12-5-8-16-10-12/h11-14H,3-10H2,1-2H3. The molecule has 0 aromatic heterocycles. The Labute approximate surface area is 99.5 Å². The van der Waals surface area contributed by atoms with Crippen LogP contribution in [0.4, 0.5) is 0 Å². The van der Waals surface area contributed by atoms with Gasteiger partial charge in [-0.15, -0.1) is 0 Å². The summed E-state index contributed by atoms with van der Waals surface area (Å²) in [6, 6.07) is 1.31. The van der Waals surface area contributed by atoms with Crippen LogP contribution < -0.4 is 5.32 Å². The Hall–Kier alpha value is -0.120. The van der Waals surface area contributed by atoms with E-state index < -0.39 is 0 Å². The molecule has 0 radical (unpaired) electrons. The lowest BCUT2D eigenvalue weighted by molar-refractivity contribution is 0.170. The Morgan fingerprint density at radius 2 is 2.06 bits per heavy atom. The van der Waals surface area contributed by atoms with E-state index in [4.69, 9.17) is 4.74 Å². The highest BCUT2D eigenvalue weighted by atomic mass is 16.5. The molecule has 3 heteroatoms. The third-order valence-electron chi connectivity index (χ3n) is 3.92. The summed E-state index contributed by atoms with van der Waals surface area (Å²) in [7, 11) is 0. The predicted octanol–water partition coefficient (Wildman–Crippen LogP) is 1.49. The Balaban J connectivity index is 1.77. The highest BCUT2D eigenvalue weighted by Gasteiger charge is 2.25. The normalized spacial score (nSPS) is 29.1. The summed E-state index contributed by atoms with van der Waals surface area (Å²) in [6.45, 7) is 10.3. The van der Waals surface area contributed by atoms with Crippen LogP contribution in [0.15, 0.2) is 0 Å². The minimum absolute atomic E-state index is 0.601. The van der Waals surface area contributed by atoms with Gasteiger partial charge in [-0.25, -0.2) is 0 Å². The molecule has 2 saturated heterocycles. The van der Waals surface area contributed by atoms with E-state index in [0.29, 0.717) is 12.1 Å². The minimum atomic E-state index is 0.601. The third-order valence-corrected chi connectivity index (χ3v) is 3.92. The topological polar surface area (TPSA) is 24.5 Å². The molecule has 2 aliphatic heterocycles. The number of rotatable bonds is 5. The molecule has 2 rings (SSSR count). The molecule has 2 atom stereocenters. The summed E-state index contributed by atoms with van der Waals surface area (Å²) in [4.78, 5) is 2.66. The van der Waals surface area contributed by atoms with Crippen molar-refractivity contribution in [2.45, 2.75) is 45.2 Å². The first-order valence-electron chi connectivity index (χ1n) is 6.82. The molecule has 0 amide bonds. The van der Waals surface area contributed by atoms with E-state index in [0.717, 1.165) is 25.7 Å². The van der Waals surface area contributed by atoms with Gasteiger partial charge in [-0.2, -0.15) is 0 Å². The van der Waals surface area contributed by atoms with Crippen LogP contribution in [-0.2, 0) is 4.74 Å². The van der Waals surface area contributed by atoms with Crippen molar-refractivity contribution >= 4 is 0 Å². The van der Waals surface area contributed by atoms with Crippen molar-refractivity contribution in [2.75, 3.05) is 32.8 Å². The molecule has 16 heavy (non-hydrogen) atoms. The lowest BCUT2D eigenvalue weighted by Crippen LogP contribution is -2.46. The van der Waals surface area contributed by atoms with Crippen molar-refractivity contribution in [3.8, 4) is 0 Å². The van der Waals surface area contributed by atoms with Crippen LogP contribution in [0, 0.1) is 5.92 Å². The number of likely N-dealkylation sites (tertiary alicyclic amines) is 1. The van der Waals surface area contributed by atoms with Gasteiger partial charge >= 0.3 is 0 Å². The van der Waals surface area contributed by atoms with Crippen LogP contribution in [0.25, 0.3) is 0 Å². The lowest BCUT2D eigenvalue weighted by Gasteiger charge is -2.32. The molecule has 0 aromatic carbocycles. The third kappa shape index (κ3) is 3.19. The van der Waals surface area contributed by atoms with Gasteiger partial charge in [0.05, 0.1) is 6.61 Å². The molecule has 0 spiro atoms. The van der Waals surface area contributed by atoms with Gasteiger partial charge in [0.15, 0.2) is 0 Å². The highest BCUT2D eigenvalue weighted by Crippen LogP contribution is 2.17. The Morgan fingerprint density at radius 1 is 1.31 bits per heavy atom. The molecule has 0 saturated carbocycles. The number of hydrogen-bond donors (Lipinski definition) is 1. The van der Waals surface area contributed by atoms with E-state index in [1.165, 1.54) is 32.4 Å². The average Bonchev–Trinajstić information content (AvgIpc) is 2.88. The number of nitrogens with zero attached hydrogens (tertiary/aromatic N) is 1. The first-order chi connectivity index (χ1) is 7.77. The molecule has 0 bridgehead atoms. The van der Waals surface area contributed by atoms with Crippen LogP contribution in [-0.4, -0.2) is 49.8 Å². The van der Waals surface area contributed by atoms with Crippen LogP contribution in [0.5, 0.6) is 0 Å². The summed E-state index contributed by atoms with van der Waals surface area (Å²) in [5.41, 5.74) is 0. The van der Waals surface area contributed by atoms with E-state index in [-0.39, 0.29) is 0 Å². The van der Waals surface area contributed by atoms with Gasteiger partial charge in [0, 0.05) is 25.2 Å². The maximum Gasteiger partial charge on any atom is 0.0620 e. The highest BCUT2D eigenvalue weighted by molar-refractivity contribution is 4.83. The minimum Gasteiger partial charge on any atom is -0.380 e. The second kappa shape index (κ2) is 5.99. The van der Waals surface area contributed by atoms with Gasteiger partial charge in [-0.1, -0.05) is 13.8 Å². The summed E-state index contributed by atoms with van der Waals surface area (Å²) >= 11 is 0. The van der Waals surface area contributed by atoms with Crippen molar-refractivity contribution in [2.24, 2.45) is 5.92 Å². The number of nitrogens with one attached hydrogen (secondary N) is 1. The molecule has 2 heterocycles. The lowest BCUT2D eigenvalue weighted by atomic mass is 10.0. The van der Waals surface area contributed by atoms with Crippen LogP contribution in [0.3, 0.4) is 0 Å². The summed E-state index contributed by atoms with van der Waals surface area (Å²) in [5.74, 6) is 0.743. The zero-order chi connectivity index (χ0) is 11.4. The molecule has 2 fully saturated rings. The molecule has 0 aromatic rings. The van der Waals surface area contributed by atoms with Crippen LogP contribution >= 0.6 is 0 Å². The zero-order valence-corrected chi connectivity index (χ0v) is 10.7. The summed E-state index contributed by atoms with van der Waals surface area (Å²) in [6.07, 6.45) is 3.95. The zero-order valence-electron chi connectivity index (χ0n) is 10.7. The van der Waals surface area contributed by atoms with Gasteiger partial charge in [-0.3, -0.25) is 4.90 Å². The van der Waals surface area contributed by atoms with E-state index in [1.54, 1.807) is 0 Å². The van der Waals surface area contributed by atoms with Gasteiger partial charge < -0.3 is 10.1 Å². The number of hydrogen-bond acceptors (Lipinski definition) is 3. The first kappa shape index (κ1) is 12.3. The predicted molar refractivity (Wildman–Crippen MR) is 66.7 cm³/mol. The number of ether oxygens (including phenoxy) is 1. The molecular formula is C13H26N2O. The van der Waals surface area contributed by atoms with Gasteiger partial charge in [0.1, 0.15) is 0 Å². The van der Waals surface area contributed by atoms with E-state index in [9.17, 15) is 0 Å². The Morgan fingerprint density at radius 3 is 2.62 bits per heavy atom. The van der Waals surface area contributed by atoms with Gasteiger partial charge in [-0.05, 0) is 38.3 Å². The van der Waals surface area contributed by atoms with E-state index in [1.807, 2.05) is 0 Å². The quantitative estimate of drug-likeness (QED) is 0.768. The monoisotopic (exact) mass is 226 g/mol. The van der Waals surface area contributed by atoms with Gasteiger partial charge in [0.2, 0.25) is 0 Å².